The summed E-state index contributed by atoms with van der Waals surface area (Å²) in [5, 5.41) is 4.66. The number of carbonyl (C=O) groups excluding carboxylic acids is 2. The number of likely N-dealkylation sites (tertiary alicyclic amines) is 1. The minimum Gasteiger partial charge on any atom is -0.493 e. The van der Waals surface area contributed by atoms with Gasteiger partial charge in [-0.05, 0) is 105 Å². The largest absolute Gasteiger partial charge is 0.493 e. The summed E-state index contributed by atoms with van der Waals surface area (Å²) >= 11 is 0. The summed E-state index contributed by atoms with van der Waals surface area (Å²) in [7, 11) is 0. The number of fused-ring (bicyclic) bond motifs is 2. The number of carbonyl (C=O) groups is 2. The van der Waals surface area contributed by atoms with Gasteiger partial charge < -0.3 is 30.6 Å². The van der Waals surface area contributed by atoms with Crippen molar-refractivity contribution >= 4 is 34.1 Å². The summed E-state index contributed by atoms with van der Waals surface area (Å²) in [5.41, 5.74) is 11.1. The number of benzene rings is 3. The van der Waals surface area contributed by atoms with Gasteiger partial charge in [0.05, 0.1) is 18.0 Å². The Morgan fingerprint density at radius 2 is 1.81 bits per heavy atom. The van der Waals surface area contributed by atoms with Crippen molar-refractivity contribution in [3.63, 3.8) is 0 Å². The zero-order valence-electron chi connectivity index (χ0n) is 24.1. The van der Waals surface area contributed by atoms with Crippen LogP contribution in [0.4, 0.5) is 11.4 Å². The molecule has 1 atom stereocenters. The molecule has 2 aliphatic rings. The number of aromatic amines is 1. The van der Waals surface area contributed by atoms with E-state index in [1.54, 1.807) is 0 Å². The molecule has 1 saturated heterocycles. The van der Waals surface area contributed by atoms with E-state index in [1.165, 1.54) is 0 Å². The second-order valence-corrected chi connectivity index (χ2v) is 11.5. The molecule has 3 heterocycles. The number of primary amides is 1. The third-order valence-corrected chi connectivity index (χ3v) is 8.59. The number of nitrogens with two attached hydrogens (primary N) is 1. The number of para-hydroxylation sites is 2. The molecule has 8 heteroatoms. The maximum atomic E-state index is 14.0. The standard InChI is InChI=1S/C34H39N5O3/c1-23-12-19-39(31-6-3-2-5-30(31)37-23)34(41)27-7-9-28(25-8-10-29-26(21-25)11-15-36-29)32(22-27)42-20-4-16-38-17-13-24(14-18-38)33(35)40/h2-3,5-11,15,21-24,36-37H,4,12-14,16-20H2,1H3,(H2,35,40)/t23-/m0/s1. The molecule has 3 aromatic carbocycles. The average molecular weight is 566 g/mol. The molecule has 0 unspecified atom stereocenters. The van der Waals surface area contributed by atoms with Crippen molar-refractivity contribution in [3.05, 3.63) is 78.5 Å². The van der Waals surface area contributed by atoms with E-state index < -0.39 is 0 Å². The van der Waals surface area contributed by atoms with Gasteiger partial charge in [-0.1, -0.05) is 18.2 Å². The Hall–Kier alpha value is -4.30. The monoisotopic (exact) mass is 565 g/mol. The van der Waals surface area contributed by atoms with Crippen LogP contribution in [0.3, 0.4) is 0 Å². The van der Waals surface area contributed by atoms with Gasteiger partial charge in [0.2, 0.25) is 5.91 Å². The number of nitrogens with one attached hydrogen (secondary N) is 2. The topological polar surface area (TPSA) is 104 Å². The Bertz CT molecular complexity index is 1570. The first-order valence-electron chi connectivity index (χ1n) is 15.0. The van der Waals surface area contributed by atoms with Gasteiger partial charge in [0.15, 0.2) is 0 Å². The predicted octanol–water partition coefficient (Wildman–Crippen LogP) is 5.65. The Kier molecular flexibility index (Phi) is 8.15. The van der Waals surface area contributed by atoms with Crippen molar-refractivity contribution in [2.24, 2.45) is 11.7 Å². The highest BCUT2D eigenvalue weighted by Gasteiger charge is 2.26. The molecular weight excluding hydrogens is 526 g/mol. The fourth-order valence-corrected chi connectivity index (χ4v) is 6.12. The van der Waals surface area contributed by atoms with E-state index in [4.69, 9.17) is 10.5 Å². The third-order valence-electron chi connectivity index (χ3n) is 8.59. The minimum absolute atomic E-state index is 0.00661. The van der Waals surface area contributed by atoms with Crippen molar-refractivity contribution in [1.82, 2.24) is 9.88 Å². The Labute approximate surface area is 246 Å². The first-order valence-corrected chi connectivity index (χ1v) is 15.0. The fraction of sp³-hybridized carbons (Fsp3) is 0.353. The molecule has 0 saturated carbocycles. The first-order chi connectivity index (χ1) is 20.5. The second-order valence-electron chi connectivity index (χ2n) is 11.5. The highest BCUT2D eigenvalue weighted by Crippen LogP contribution is 2.35. The third kappa shape index (κ3) is 5.99. The highest BCUT2D eigenvalue weighted by molar-refractivity contribution is 6.08. The molecular formula is C34H39N5O3. The van der Waals surface area contributed by atoms with Gasteiger partial charge in [-0.2, -0.15) is 0 Å². The number of amides is 2. The number of piperidine rings is 1. The van der Waals surface area contributed by atoms with E-state index in [9.17, 15) is 9.59 Å². The SMILES string of the molecule is C[C@H]1CCN(C(=O)c2ccc(-c3ccc4[nH]ccc4c3)c(OCCCN3CCC(C(N)=O)CC3)c2)c2ccccc2N1. The summed E-state index contributed by atoms with van der Waals surface area (Å²) in [6.45, 7) is 5.96. The van der Waals surface area contributed by atoms with Crippen LogP contribution in [0.2, 0.25) is 0 Å². The number of ether oxygens (including phenoxy) is 1. The molecule has 8 nitrogen and oxygen atoms in total. The first kappa shape index (κ1) is 27.8. The van der Waals surface area contributed by atoms with Gasteiger partial charge >= 0.3 is 0 Å². The highest BCUT2D eigenvalue weighted by atomic mass is 16.5. The molecule has 0 spiro atoms. The Morgan fingerprint density at radius 3 is 2.64 bits per heavy atom. The second kappa shape index (κ2) is 12.3. The van der Waals surface area contributed by atoms with E-state index in [0.29, 0.717) is 24.5 Å². The number of H-pyrrole nitrogens is 1. The van der Waals surface area contributed by atoms with Gasteiger partial charge in [0, 0.05) is 47.9 Å². The Balaban J connectivity index is 1.23. The van der Waals surface area contributed by atoms with Crippen LogP contribution in [0.25, 0.3) is 22.0 Å². The molecule has 6 rings (SSSR count). The molecule has 42 heavy (non-hydrogen) atoms. The van der Waals surface area contributed by atoms with Gasteiger partial charge in [0.1, 0.15) is 5.75 Å². The average Bonchev–Trinajstić information content (AvgIpc) is 3.41. The summed E-state index contributed by atoms with van der Waals surface area (Å²) in [6.07, 6.45) is 5.28. The fourth-order valence-electron chi connectivity index (χ4n) is 6.12. The van der Waals surface area contributed by atoms with E-state index in [2.05, 4.69) is 46.4 Å². The molecule has 1 fully saturated rings. The van der Waals surface area contributed by atoms with Crippen LogP contribution in [-0.4, -0.2) is 60.5 Å². The van der Waals surface area contributed by atoms with Crippen molar-refractivity contribution in [1.29, 1.82) is 0 Å². The normalized spacial score (nSPS) is 17.8. The van der Waals surface area contributed by atoms with Crippen LogP contribution in [0.1, 0.15) is 43.0 Å². The molecule has 0 radical (unpaired) electrons. The van der Waals surface area contributed by atoms with Crippen molar-refractivity contribution < 1.29 is 14.3 Å². The predicted molar refractivity (Wildman–Crippen MR) is 168 cm³/mol. The van der Waals surface area contributed by atoms with E-state index in [-0.39, 0.29) is 23.8 Å². The van der Waals surface area contributed by atoms with E-state index in [0.717, 1.165) is 78.7 Å². The van der Waals surface area contributed by atoms with Crippen LogP contribution in [-0.2, 0) is 4.79 Å². The van der Waals surface area contributed by atoms with Crippen LogP contribution in [0, 0.1) is 5.92 Å². The van der Waals surface area contributed by atoms with E-state index >= 15 is 0 Å². The summed E-state index contributed by atoms with van der Waals surface area (Å²) < 4.78 is 6.43. The molecule has 0 aliphatic carbocycles. The number of hydrogen-bond acceptors (Lipinski definition) is 5. The zero-order valence-corrected chi connectivity index (χ0v) is 24.1. The Morgan fingerprint density at radius 1 is 0.976 bits per heavy atom. The van der Waals surface area contributed by atoms with Crippen LogP contribution in [0.15, 0.2) is 72.9 Å². The number of nitrogens with zero attached hydrogens (tertiary/aromatic N) is 2. The number of rotatable bonds is 8. The lowest BCUT2D eigenvalue weighted by molar-refractivity contribution is -0.123. The van der Waals surface area contributed by atoms with Gasteiger partial charge in [-0.15, -0.1) is 0 Å². The lowest BCUT2D eigenvalue weighted by Gasteiger charge is -2.30. The van der Waals surface area contributed by atoms with Gasteiger partial charge in [-0.3, -0.25) is 9.59 Å². The number of aromatic nitrogens is 1. The van der Waals surface area contributed by atoms with Gasteiger partial charge in [0.25, 0.3) is 5.91 Å². The zero-order chi connectivity index (χ0) is 29.1. The molecule has 0 bridgehead atoms. The van der Waals surface area contributed by atoms with Crippen LogP contribution in [0.5, 0.6) is 5.75 Å². The lowest BCUT2D eigenvalue weighted by atomic mass is 9.96. The molecule has 2 amide bonds. The summed E-state index contributed by atoms with van der Waals surface area (Å²) in [6, 6.07) is 22.5. The van der Waals surface area contributed by atoms with Crippen LogP contribution < -0.4 is 20.7 Å². The van der Waals surface area contributed by atoms with Gasteiger partial charge in [-0.25, -0.2) is 0 Å². The summed E-state index contributed by atoms with van der Waals surface area (Å²) in [5.74, 6) is 0.478. The van der Waals surface area contributed by atoms with Crippen LogP contribution >= 0.6 is 0 Å². The summed E-state index contributed by atoms with van der Waals surface area (Å²) in [4.78, 5) is 33.0. The molecule has 4 N–H and O–H groups in total. The maximum Gasteiger partial charge on any atom is 0.258 e. The number of hydrogen-bond donors (Lipinski definition) is 3. The molecule has 2 aliphatic heterocycles. The van der Waals surface area contributed by atoms with E-state index in [1.807, 2.05) is 53.6 Å². The smallest absolute Gasteiger partial charge is 0.258 e. The quantitative estimate of drug-likeness (QED) is 0.240. The number of anilines is 2. The van der Waals surface area contributed by atoms with Crippen molar-refractivity contribution in [2.45, 2.75) is 38.6 Å². The minimum atomic E-state index is -0.188. The van der Waals surface area contributed by atoms with Crippen molar-refractivity contribution in [3.8, 4) is 16.9 Å². The maximum absolute atomic E-state index is 14.0. The lowest BCUT2D eigenvalue weighted by Crippen LogP contribution is -2.39. The molecule has 218 valence electrons. The van der Waals surface area contributed by atoms with Crippen molar-refractivity contribution in [2.75, 3.05) is 43.0 Å². The molecule has 1 aromatic heterocycles. The molecule has 4 aromatic rings.